The molecule has 0 radical (unpaired) electrons. The van der Waals surface area contributed by atoms with Crippen LogP contribution in [0.1, 0.15) is 16.1 Å². The zero-order valence-electron chi connectivity index (χ0n) is 9.63. The summed E-state index contributed by atoms with van der Waals surface area (Å²) in [6.07, 6.45) is 1.63. The molecule has 0 atom stereocenters. The summed E-state index contributed by atoms with van der Waals surface area (Å²) < 4.78 is 0. The molecule has 18 heavy (non-hydrogen) atoms. The van der Waals surface area contributed by atoms with Gasteiger partial charge in [-0.1, -0.05) is 0 Å². The van der Waals surface area contributed by atoms with E-state index < -0.39 is 5.91 Å². The minimum absolute atomic E-state index is 0.359. The molecule has 0 bridgehead atoms. The molecular formula is C12H13N5O. The average Bonchev–Trinajstić information content (AvgIpc) is 2.39. The van der Waals surface area contributed by atoms with Crippen molar-refractivity contribution in [2.45, 2.75) is 6.54 Å². The molecule has 0 aliphatic heterocycles. The van der Waals surface area contributed by atoms with Crippen molar-refractivity contribution in [3.05, 3.63) is 47.8 Å². The first kappa shape index (κ1) is 12.0. The number of hydrogen-bond donors (Lipinski definition) is 3. The van der Waals surface area contributed by atoms with Crippen LogP contribution >= 0.6 is 0 Å². The molecule has 6 heteroatoms. The van der Waals surface area contributed by atoms with E-state index in [1.165, 1.54) is 0 Å². The van der Waals surface area contributed by atoms with E-state index >= 15 is 0 Å². The molecule has 2 rings (SSSR count). The summed E-state index contributed by atoms with van der Waals surface area (Å²) in [4.78, 5) is 19.2. The van der Waals surface area contributed by atoms with Crippen LogP contribution in [0.15, 0.2) is 36.5 Å². The van der Waals surface area contributed by atoms with Crippen LogP contribution in [-0.2, 0) is 6.54 Å². The number of nitrogens with zero attached hydrogens (tertiary/aromatic N) is 2. The lowest BCUT2D eigenvalue weighted by atomic mass is 10.2. The van der Waals surface area contributed by atoms with E-state index in [2.05, 4.69) is 15.3 Å². The topological polar surface area (TPSA) is 107 Å². The van der Waals surface area contributed by atoms with Crippen molar-refractivity contribution < 1.29 is 4.79 Å². The second-order valence-electron chi connectivity index (χ2n) is 3.64. The lowest BCUT2D eigenvalue weighted by Crippen LogP contribution is -2.10. The van der Waals surface area contributed by atoms with Gasteiger partial charge < -0.3 is 16.8 Å². The van der Waals surface area contributed by atoms with Crippen molar-refractivity contribution in [3.63, 3.8) is 0 Å². The van der Waals surface area contributed by atoms with Gasteiger partial charge in [-0.2, -0.15) is 0 Å². The monoisotopic (exact) mass is 243 g/mol. The maximum absolute atomic E-state index is 10.9. The quantitative estimate of drug-likeness (QED) is 0.735. The molecule has 2 aromatic rings. The number of rotatable bonds is 4. The fourth-order valence-electron chi connectivity index (χ4n) is 1.42. The van der Waals surface area contributed by atoms with Gasteiger partial charge in [0.25, 0.3) is 0 Å². The summed E-state index contributed by atoms with van der Waals surface area (Å²) in [6.45, 7) is 0.359. The lowest BCUT2D eigenvalue weighted by molar-refractivity contribution is 0.100. The number of benzene rings is 1. The standard InChI is InChI=1S/C12H13N5O/c13-7-10-5-6-15-12(17-10)16-9-3-1-8(2-4-9)11(14)18/h1-6H,7,13H2,(H2,14,18)(H,15,16,17). The van der Waals surface area contributed by atoms with Crippen LogP contribution in [0.5, 0.6) is 0 Å². The largest absolute Gasteiger partial charge is 0.366 e. The summed E-state index contributed by atoms with van der Waals surface area (Å²) in [5, 5.41) is 3.01. The van der Waals surface area contributed by atoms with Gasteiger partial charge in [-0.3, -0.25) is 4.79 Å². The van der Waals surface area contributed by atoms with E-state index in [4.69, 9.17) is 11.5 Å². The normalized spacial score (nSPS) is 10.1. The second kappa shape index (κ2) is 5.24. The molecule has 0 unspecified atom stereocenters. The summed E-state index contributed by atoms with van der Waals surface area (Å²) in [5.41, 5.74) is 12.6. The van der Waals surface area contributed by atoms with Gasteiger partial charge in [-0.05, 0) is 30.3 Å². The number of hydrogen-bond acceptors (Lipinski definition) is 5. The summed E-state index contributed by atoms with van der Waals surface area (Å²) in [6, 6.07) is 8.49. The molecule has 0 aliphatic carbocycles. The number of aromatic nitrogens is 2. The second-order valence-corrected chi connectivity index (χ2v) is 3.64. The molecule has 1 aromatic carbocycles. The third-order valence-electron chi connectivity index (χ3n) is 2.35. The van der Waals surface area contributed by atoms with E-state index in [0.29, 0.717) is 18.1 Å². The van der Waals surface area contributed by atoms with Crippen molar-refractivity contribution in [1.29, 1.82) is 0 Å². The Morgan fingerprint density at radius 3 is 2.56 bits per heavy atom. The third-order valence-corrected chi connectivity index (χ3v) is 2.35. The Morgan fingerprint density at radius 2 is 1.94 bits per heavy atom. The first-order valence-electron chi connectivity index (χ1n) is 5.38. The van der Waals surface area contributed by atoms with Crippen LogP contribution in [0.4, 0.5) is 11.6 Å². The minimum Gasteiger partial charge on any atom is -0.366 e. The number of amides is 1. The van der Waals surface area contributed by atoms with Gasteiger partial charge in [0, 0.05) is 24.0 Å². The van der Waals surface area contributed by atoms with Gasteiger partial charge in [-0.15, -0.1) is 0 Å². The van der Waals surface area contributed by atoms with Crippen molar-refractivity contribution in [2.24, 2.45) is 11.5 Å². The van der Waals surface area contributed by atoms with E-state index in [9.17, 15) is 4.79 Å². The predicted molar refractivity (Wildman–Crippen MR) is 68.2 cm³/mol. The van der Waals surface area contributed by atoms with Gasteiger partial charge in [-0.25, -0.2) is 9.97 Å². The van der Waals surface area contributed by atoms with Crippen molar-refractivity contribution in [2.75, 3.05) is 5.32 Å². The van der Waals surface area contributed by atoms with Crippen LogP contribution in [0, 0.1) is 0 Å². The van der Waals surface area contributed by atoms with Crippen molar-refractivity contribution in [1.82, 2.24) is 9.97 Å². The number of nitrogens with two attached hydrogens (primary N) is 2. The molecular weight excluding hydrogens is 230 g/mol. The lowest BCUT2D eigenvalue weighted by Gasteiger charge is -2.06. The average molecular weight is 243 g/mol. The molecule has 1 aromatic heterocycles. The molecule has 1 heterocycles. The maximum Gasteiger partial charge on any atom is 0.248 e. The SMILES string of the molecule is NCc1ccnc(Nc2ccc(C(N)=O)cc2)n1. The molecule has 1 amide bonds. The Labute approximate surface area is 104 Å². The van der Waals surface area contributed by atoms with Gasteiger partial charge in [0.1, 0.15) is 0 Å². The van der Waals surface area contributed by atoms with Gasteiger partial charge in [0.2, 0.25) is 11.9 Å². The summed E-state index contributed by atoms with van der Waals surface area (Å²) in [5.74, 6) is 0.00713. The Hall–Kier alpha value is -2.47. The Morgan fingerprint density at radius 1 is 1.22 bits per heavy atom. The van der Waals surface area contributed by atoms with E-state index in [-0.39, 0.29) is 0 Å². The van der Waals surface area contributed by atoms with Crippen molar-refractivity contribution in [3.8, 4) is 0 Å². The van der Waals surface area contributed by atoms with Crippen LogP contribution < -0.4 is 16.8 Å². The summed E-state index contributed by atoms with van der Waals surface area (Å²) >= 11 is 0. The van der Waals surface area contributed by atoms with Crippen LogP contribution in [-0.4, -0.2) is 15.9 Å². The highest BCUT2D eigenvalue weighted by molar-refractivity contribution is 5.93. The van der Waals surface area contributed by atoms with E-state index in [0.717, 1.165) is 11.4 Å². The predicted octanol–water partition coefficient (Wildman–Crippen LogP) is 0.778. The maximum atomic E-state index is 10.9. The first-order chi connectivity index (χ1) is 8.69. The Kier molecular flexibility index (Phi) is 3.49. The molecule has 0 aliphatic rings. The zero-order valence-corrected chi connectivity index (χ0v) is 9.63. The highest BCUT2D eigenvalue weighted by Crippen LogP contribution is 2.13. The molecule has 0 saturated carbocycles. The van der Waals surface area contributed by atoms with Crippen molar-refractivity contribution >= 4 is 17.5 Å². The number of primary amides is 1. The number of carbonyl (C=O) groups excluding carboxylic acids is 1. The van der Waals surface area contributed by atoms with Gasteiger partial charge in [0.05, 0.1) is 5.69 Å². The molecule has 5 N–H and O–H groups in total. The fraction of sp³-hybridized carbons (Fsp3) is 0.0833. The van der Waals surface area contributed by atoms with Crippen LogP contribution in [0.2, 0.25) is 0 Å². The van der Waals surface area contributed by atoms with Gasteiger partial charge >= 0.3 is 0 Å². The number of nitrogens with one attached hydrogen (secondary N) is 1. The van der Waals surface area contributed by atoms with E-state index in [1.54, 1.807) is 36.5 Å². The summed E-state index contributed by atoms with van der Waals surface area (Å²) in [7, 11) is 0. The smallest absolute Gasteiger partial charge is 0.248 e. The van der Waals surface area contributed by atoms with Crippen LogP contribution in [0.25, 0.3) is 0 Å². The van der Waals surface area contributed by atoms with Gasteiger partial charge in [0.15, 0.2) is 0 Å². The molecule has 6 nitrogen and oxygen atoms in total. The Balaban J connectivity index is 2.15. The zero-order chi connectivity index (χ0) is 13.0. The van der Waals surface area contributed by atoms with Crippen LogP contribution in [0.3, 0.4) is 0 Å². The van der Waals surface area contributed by atoms with E-state index in [1.807, 2.05) is 0 Å². The highest BCUT2D eigenvalue weighted by Gasteiger charge is 2.01. The molecule has 92 valence electrons. The number of carbonyl (C=O) groups is 1. The highest BCUT2D eigenvalue weighted by atomic mass is 16.1. The molecule has 0 fully saturated rings. The molecule has 0 spiro atoms. The fourth-order valence-corrected chi connectivity index (χ4v) is 1.42. The third kappa shape index (κ3) is 2.80. The minimum atomic E-state index is -0.456. The Bertz CT molecular complexity index is 553. The first-order valence-corrected chi connectivity index (χ1v) is 5.38. The number of anilines is 2. The molecule has 0 saturated heterocycles.